The average Bonchev–Trinajstić information content (AvgIpc) is 2.81. The number of carboxylic acids is 1. The van der Waals surface area contributed by atoms with E-state index in [0.717, 1.165) is 30.9 Å². The minimum atomic E-state index is -1.01. The Kier molecular flexibility index (Phi) is 6.33. The van der Waals surface area contributed by atoms with Crippen molar-refractivity contribution in [3.05, 3.63) is 16.1 Å². The molecule has 0 saturated carbocycles. The van der Waals surface area contributed by atoms with E-state index in [1.165, 1.54) is 29.6 Å². The summed E-state index contributed by atoms with van der Waals surface area (Å²) < 4.78 is 0. The normalized spacial score (nSPS) is 17.7. The number of hydrogen-bond acceptors (Lipinski definition) is 5. The van der Waals surface area contributed by atoms with E-state index in [-0.39, 0.29) is 17.6 Å². The lowest BCUT2D eigenvalue weighted by Crippen LogP contribution is -2.46. The number of likely N-dealkylation sites (tertiary alicyclic amines) is 1. The predicted octanol–water partition coefficient (Wildman–Crippen LogP) is 1.76. The van der Waals surface area contributed by atoms with Crippen LogP contribution in [0.1, 0.15) is 48.1 Å². The number of nitrogens with zero attached hydrogens (tertiary/aromatic N) is 2. The van der Waals surface area contributed by atoms with Crippen LogP contribution in [0.25, 0.3) is 0 Å². The quantitative estimate of drug-likeness (QED) is 0.833. The third-order valence-corrected chi connectivity index (χ3v) is 4.89. The number of amides is 1. The zero-order valence-corrected chi connectivity index (χ0v) is 13.7. The number of thiazole rings is 1. The molecule has 2 rings (SSSR count). The molecule has 1 aromatic heterocycles. The van der Waals surface area contributed by atoms with Crippen molar-refractivity contribution in [3.63, 3.8) is 0 Å². The molecule has 0 aliphatic carbocycles. The molecule has 1 aliphatic heterocycles. The van der Waals surface area contributed by atoms with Crippen molar-refractivity contribution in [1.82, 2.24) is 15.2 Å². The number of carbonyl (C=O) groups is 2. The van der Waals surface area contributed by atoms with Gasteiger partial charge in [-0.1, -0.05) is 12.8 Å². The second-order valence-electron chi connectivity index (χ2n) is 5.60. The smallest absolute Gasteiger partial charge is 0.355 e. The molecule has 0 aromatic carbocycles. The molecule has 1 saturated heterocycles. The summed E-state index contributed by atoms with van der Waals surface area (Å²) >= 11 is 1.32. The first-order valence-corrected chi connectivity index (χ1v) is 8.65. The number of nitrogens with one attached hydrogen (secondary N) is 1. The van der Waals surface area contributed by atoms with Gasteiger partial charge in [0.25, 0.3) is 0 Å². The van der Waals surface area contributed by atoms with E-state index >= 15 is 0 Å². The molecule has 1 aliphatic rings. The molecule has 122 valence electrons. The standard InChI is InChI=1S/C15H23N3O3S/c1-11(18-8-4-2-3-5-9-18)14(19)16-7-6-13-17-12(10-22-13)15(20)21/h10-11H,2-9H2,1H3,(H,16,19)(H,20,21). The summed E-state index contributed by atoms with van der Waals surface area (Å²) in [5, 5.41) is 14.0. The van der Waals surface area contributed by atoms with Gasteiger partial charge >= 0.3 is 5.97 Å². The van der Waals surface area contributed by atoms with Gasteiger partial charge in [-0.2, -0.15) is 0 Å². The third kappa shape index (κ3) is 4.78. The zero-order valence-electron chi connectivity index (χ0n) is 12.9. The van der Waals surface area contributed by atoms with Crippen LogP contribution in [0.2, 0.25) is 0 Å². The SMILES string of the molecule is CC(C(=O)NCCc1nc(C(=O)O)cs1)N1CCCCCC1. The predicted molar refractivity (Wildman–Crippen MR) is 85.3 cm³/mol. The molecule has 0 bridgehead atoms. The van der Waals surface area contributed by atoms with Gasteiger partial charge in [-0.15, -0.1) is 11.3 Å². The molecule has 1 atom stereocenters. The van der Waals surface area contributed by atoms with Crippen LogP contribution in [-0.4, -0.2) is 52.5 Å². The molecule has 1 unspecified atom stereocenters. The Morgan fingerprint density at radius 2 is 2.05 bits per heavy atom. The number of aromatic carboxylic acids is 1. The second kappa shape index (κ2) is 8.24. The van der Waals surface area contributed by atoms with Gasteiger partial charge in [-0.3, -0.25) is 9.69 Å². The summed E-state index contributed by atoms with van der Waals surface area (Å²) in [6.07, 6.45) is 5.39. The lowest BCUT2D eigenvalue weighted by molar-refractivity contribution is -0.125. The molecule has 2 heterocycles. The molecule has 1 aromatic rings. The highest BCUT2D eigenvalue weighted by molar-refractivity contribution is 7.09. The maximum Gasteiger partial charge on any atom is 0.355 e. The number of carbonyl (C=O) groups excluding carboxylic acids is 1. The number of rotatable bonds is 6. The number of hydrogen-bond donors (Lipinski definition) is 2. The Hall–Kier alpha value is -1.47. The zero-order chi connectivity index (χ0) is 15.9. The van der Waals surface area contributed by atoms with E-state index in [9.17, 15) is 9.59 Å². The fraction of sp³-hybridized carbons (Fsp3) is 0.667. The first-order valence-electron chi connectivity index (χ1n) is 7.77. The molecule has 6 nitrogen and oxygen atoms in total. The monoisotopic (exact) mass is 325 g/mol. The molecular formula is C15H23N3O3S. The average molecular weight is 325 g/mol. The van der Waals surface area contributed by atoms with Gasteiger partial charge in [0.05, 0.1) is 11.0 Å². The molecule has 1 amide bonds. The highest BCUT2D eigenvalue weighted by atomic mass is 32.1. The van der Waals surface area contributed by atoms with E-state index in [2.05, 4.69) is 15.2 Å². The van der Waals surface area contributed by atoms with Gasteiger partial charge in [0.15, 0.2) is 5.69 Å². The molecule has 7 heteroatoms. The van der Waals surface area contributed by atoms with Crippen LogP contribution in [0.5, 0.6) is 0 Å². The fourth-order valence-electron chi connectivity index (χ4n) is 2.61. The molecule has 2 N–H and O–H groups in total. The van der Waals surface area contributed by atoms with Crippen LogP contribution in [0.4, 0.5) is 0 Å². The van der Waals surface area contributed by atoms with Gasteiger partial charge in [0.1, 0.15) is 0 Å². The van der Waals surface area contributed by atoms with Crippen LogP contribution >= 0.6 is 11.3 Å². The lowest BCUT2D eigenvalue weighted by atomic mass is 10.2. The second-order valence-corrected chi connectivity index (χ2v) is 6.54. The van der Waals surface area contributed by atoms with Gasteiger partial charge < -0.3 is 10.4 Å². The van der Waals surface area contributed by atoms with Crippen molar-refractivity contribution in [3.8, 4) is 0 Å². The van der Waals surface area contributed by atoms with Crippen LogP contribution < -0.4 is 5.32 Å². The third-order valence-electron chi connectivity index (χ3n) is 3.98. The molecule has 0 spiro atoms. The maximum atomic E-state index is 12.2. The van der Waals surface area contributed by atoms with Gasteiger partial charge in [-0.05, 0) is 32.9 Å². The topological polar surface area (TPSA) is 82.5 Å². The van der Waals surface area contributed by atoms with Crippen molar-refractivity contribution in [2.75, 3.05) is 19.6 Å². The fourth-order valence-corrected chi connectivity index (χ4v) is 3.38. The maximum absolute atomic E-state index is 12.2. The highest BCUT2D eigenvalue weighted by Crippen LogP contribution is 2.13. The first-order chi connectivity index (χ1) is 10.6. The van der Waals surface area contributed by atoms with Crippen molar-refractivity contribution < 1.29 is 14.7 Å². The number of carboxylic acid groups (broad SMARTS) is 1. The van der Waals surface area contributed by atoms with E-state index in [0.29, 0.717) is 13.0 Å². The molecular weight excluding hydrogens is 302 g/mol. The Labute approximate surface area is 134 Å². The van der Waals surface area contributed by atoms with E-state index in [1.807, 2.05) is 6.92 Å². The highest BCUT2D eigenvalue weighted by Gasteiger charge is 2.21. The van der Waals surface area contributed by atoms with E-state index in [1.54, 1.807) is 0 Å². The Morgan fingerprint density at radius 1 is 1.36 bits per heavy atom. The van der Waals surface area contributed by atoms with Crippen molar-refractivity contribution in [2.24, 2.45) is 0 Å². The van der Waals surface area contributed by atoms with Crippen LogP contribution in [-0.2, 0) is 11.2 Å². The van der Waals surface area contributed by atoms with Crippen molar-refractivity contribution in [1.29, 1.82) is 0 Å². The van der Waals surface area contributed by atoms with E-state index in [4.69, 9.17) is 5.11 Å². The first kappa shape index (κ1) is 16.9. The van der Waals surface area contributed by atoms with Gasteiger partial charge in [0.2, 0.25) is 5.91 Å². The van der Waals surface area contributed by atoms with Gasteiger partial charge in [0, 0.05) is 18.3 Å². The molecule has 1 fully saturated rings. The van der Waals surface area contributed by atoms with Crippen LogP contribution in [0.15, 0.2) is 5.38 Å². The minimum absolute atomic E-state index is 0.0388. The summed E-state index contributed by atoms with van der Waals surface area (Å²) in [6, 6.07) is -0.107. The Bertz CT molecular complexity index is 510. The summed E-state index contributed by atoms with van der Waals surface area (Å²) in [4.78, 5) is 29.2. The van der Waals surface area contributed by atoms with E-state index < -0.39 is 5.97 Å². The lowest BCUT2D eigenvalue weighted by Gasteiger charge is -2.26. The summed E-state index contributed by atoms with van der Waals surface area (Å²) in [5.74, 6) is -0.974. The van der Waals surface area contributed by atoms with Crippen molar-refractivity contribution >= 4 is 23.2 Å². The van der Waals surface area contributed by atoms with Crippen LogP contribution in [0.3, 0.4) is 0 Å². The Morgan fingerprint density at radius 3 is 2.64 bits per heavy atom. The molecule has 22 heavy (non-hydrogen) atoms. The van der Waals surface area contributed by atoms with Crippen molar-refractivity contribution in [2.45, 2.75) is 45.1 Å². The van der Waals surface area contributed by atoms with Gasteiger partial charge in [-0.25, -0.2) is 9.78 Å². The minimum Gasteiger partial charge on any atom is -0.476 e. The summed E-state index contributed by atoms with van der Waals surface area (Å²) in [7, 11) is 0. The largest absolute Gasteiger partial charge is 0.476 e. The molecule has 0 radical (unpaired) electrons. The summed E-state index contributed by atoms with van der Waals surface area (Å²) in [6.45, 7) is 4.42. The van der Waals surface area contributed by atoms with Crippen LogP contribution in [0, 0.1) is 0 Å². The number of aromatic nitrogens is 1. The summed E-state index contributed by atoms with van der Waals surface area (Å²) in [5.41, 5.74) is 0.0734. The Balaban J connectivity index is 1.75.